The van der Waals surface area contributed by atoms with E-state index in [1.165, 1.54) is 23.9 Å². The van der Waals surface area contributed by atoms with Crippen molar-refractivity contribution in [2.45, 2.75) is 51.0 Å². The van der Waals surface area contributed by atoms with Crippen molar-refractivity contribution >= 4 is 26.1 Å². The van der Waals surface area contributed by atoms with Gasteiger partial charge < -0.3 is 28.1 Å². The predicted octanol–water partition coefficient (Wildman–Crippen LogP) is 1.36. The Morgan fingerprint density at radius 2 is 1.97 bits per heavy atom. The maximum absolute atomic E-state index is 12.3. The number of H-pyrrole nitrogens is 1. The van der Waals surface area contributed by atoms with E-state index in [9.17, 15) is 23.9 Å². The summed E-state index contributed by atoms with van der Waals surface area (Å²) in [5.41, 5.74) is -1.16. The Kier molecular flexibility index (Phi) is 8.77. The zero-order chi connectivity index (χ0) is 22.7. The first-order valence-electron chi connectivity index (χ1n) is 9.30. The molecule has 0 aromatic carbocycles. The van der Waals surface area contributed by atoms with Gasteiger partial charge in [0.15, 0.2) is 0 Å². The fourth-order valence-corrected chi connectivity index (χ4v) is 6.45. The molecule has 3 unspecified atom stereocenters. The summed E-state index contributed by atoms with van der Waals surface area (Å²) in [5, 5.41) is 0. The molecule has 1 aromatic rings. The highest BCUT2D eigenvalue weighted by atomic mass is 32.5. The number of ether oxygens (including phenoxy) is 1. The van der Waals surface area contributed by atoms with Gasteiger partial charge in [0.25, 0.3) is 5.56 Å². The van der Waals surface area contributed by atoms with Gasteiger partial charge in [-0.3, -0.25) is 18.9 Å². The molecule has 1 aliphatic rings. The quantitative estimate of drug-likeness (QED) is 0.414. The van der Waals surface area contributed by atoms with E-state index in [0.29, 0.717) is 6.42 Å². The molecule has 3 N–H and O–H groups in total. The summed E-state index contributed by atoms with van der Waals surface area (Å²) in [7, 11) is -1.22. The molecule has 1 aromatic heterocycles. The molecule has 1 heterocycles. The number of rotatable bonds is 10. The van der Waals surface area contributed by atoms with E-state index in [1.54, 1.807) is 13.8 Å². The van der Waals surface area contributed by atoms with Crippen molar-refractivity contribution in [3.63, 3.8) is 0 Å². The largest absolute Gasteiger partial charge is 0.377 e. The first kappa shape index (κ1) is 25.6. The first-order chi connectivity index (χ1) is 13.9. The molecule has 0 bridgehead atoms. The number of aromatic amines is 1. The van der Waals surface area contributed by atoms with Gasteiger partial charge in [-0.25, -0.2) is 4.79 Å². The molecule has 6 atom stereocenters. The fraction of sp³-hybridized carbons (Fsp3) is 0.750. The second-order valence-electron chi connectivity index (χ2n) is 7.31. The number of hydrogen-bond donors (Lipinski definition) is 3. The van der Waals surface area contributed by atoms with Gasteiger partial charge in [-0.2, -0.15) is 0 Å². The number of nitrogens with one attached hydrogen (secondary N) is 1. The van der Waals surface area contributed by atoms with Gasteiger partial charge >= 0.3 is 20.0 Å². The fourth-order valence-electron chi connectivity index (χ4n) is 3.61. The highest BCUT2D eigenvalue weighted by Gasteiger charge is 2.48. The van der Waals surface area contributed by atoms with Gasteiger partial charge in [0.05, 0.1) is 24.4 Å². The summed E-state index contributed by atoms with van der Waals surface area (Å²) in [4.78, 5) is 46.2. The molecular weight excluding hydrogens is 458 g/mol. The van der Waals surface area contributed by atoms with Crippen molar-refractivity contribution in [2.75, 3.05) is 20.4 Å². The highest BCUT2D eigenvalue weighted by molar-refractivity contribution is 8.07. The van der Waals surface area contributed by atoms with Crippen molar-refractivity contribution in [1.82, 2.24) is 9.55 Å². The third-order valence-electron chi connectivity index (χ3n) is 4.86. The molecule has 2 rings (SSSR count). The van der Waals surface area contributed by atoms with Crippen LogP contribution in [-0.2, 0) is 34.7 Å². The second-order valence-corrected chi connectivity index (χ2v) is 12.1. The highest BCUT2D eigenvalue weighted by Crippen LogP contribution is 2.53. The van der Waals surface area contributed by atoms with Crippen molar-refractivity contribution in [2.24, 2.45) is 5.92 Å². The van der Waals surface area contributed by atoms with Crippen LogP contribution in [0.1, 0.15) is 32.7 Å². The van der Waals surface area contributed by atoms with E-state index in [4.69, 9.17) is 25.6 Å². The lowest BCUT2D eigenvalue weighted by molar-refractivity contribution is -0.0211. The van der Waals surface area contributed by atoms with Gasteiger partial charge in [0, 0.05) is 26.5 Å². The number of methoxy groups -OCH3 is 1. The van der Waals surface area contributed by atoms with Crippen LogP contribution in [0.5, 0.6) is 0 Å². The van der Waals surface area contributed by atoms with Crippen LogP contribution in [0.3, 0.4) is 0 Å². The molecule has 1 aliphatic carbocycles. The van der Waals surface area contributed by atoms with E-state index in [2.05, 4.69) is 9.51 Å². The average Bonchev–Trinajstić information content (AvgIpc) is 2.95. The molecule has 172 valence electrons. The van der Waals surface area contributed by atoms with Crippen LogP contribution in [0.15, 0.2) is 21.9 Å². The molecule has 1 saturated carbocycles. The lowest BCUT2D eigenvalue weighted by atomic mass is 10.0. The first-order valence-corrected chi connectivity index (χ1v) is 13.7. The van der Waals surface area contributed by atoms with E-state index >= 15 is 0 Å². The topological polar surface area (TPSA) is 149 Å². The Morgan fingerprint density at radius 1 is 1.30 bits per heavy atom. The molecule has 0 amide bonds. The third kappa shape index (κ3) is 6.66. The molecular formula is C16H28N2O9P2S. The second kappa shape index (κ2) is 10.3. The van der Waals surface area contributed by atoms with Crippen LogP contribution < -0.4 is 11.2 Å². The smallest absolute Gasteiger partial charge is 0.328 e. The minimum absolute atomic E-state index is 0.156. The van der Waals surface area contributed by atoms with E-state index in [-0.39, 0.29) is 18.7 Å². The Balaban J connectivity index is 2.38. The Bertz CT molecular complexity index is 934. The Labute approximate surface area is 179 Å². The maximum atomic E-state index is 12.3. The van der Waals surface area contributed by atoms with Gasteiger partial charge in [-0.05, 0) is 44.4 Å². The minimum Gasteiger partial charge on any atom is -0.377 e. The summed E-state index contributed by atoms with van der Waals surface area (Å²) >= 11 is 5.11. The zero-order valence-electron chi connectivity index (χ0n) is 17.2. The lowest BCUT2D eigenvalue weighted by Gasteiger charge is -2.30. The third-order valence-corrected chi connectivity index (χ3v) is 7.97. The van der Waals surface area contributed by atoms with Gasteiger partial charge in [0.2, 0.25) is 0 Å². The van der Waals surface area contributed by atoms with Crippen LogP contribution in [0, 0.1) is 5.92 Å². The molecule has 14 heteroatoms. The Hall–Kier alpha value is -0.680. The monoisotopic (exact) mass is 486 g/mol. The maximum Gasteiger partial charge on any atom is 0.328 e. The number of nitrogens with zero attached hydrogens (tertiary/aromatic N) is 1. The van der Waals surface area contributed by atoms with Crippen LogP contribution in [0.25, 0.3) is 0 Å². The summed E-state index contributed by atoms with van der Waals surface area (Å²) in [6.07, 6.45) is -0.228. The van der Waals surface area contributed by atoms with Crippen LogP contribution in [0.2, 0.25) is 0 Å². The van der Waals surface area contributed by atoms with Crippen molar-refractivity contribution in [1.29, 1.82) is 0 Å². The molecule has 0 saturated heterocycles. The SMILES string of the molecule is CO[C@H]1C(n2ccc(=O)[nH]c2=O)C[C@H](CCP(=O)(O)OC)[C@H]1OP(O)(=S)OC(C)C. The number of aromatic nitrogens is 2. The summed E-state index contributed by atoms with van der Waals surface area (Å²) in [6, 6.07) is 0.645. The van der Waals surface area contributed by atoms with Crippen LogP contribution >= 0.6 is 14.3 Å². The standard InChI is InChI=1S/C16H28N2O9P2S/c1-10(2)26-29(23,30)27-14-11(6-8-28(21,22)25-4)9-12(15(14)24-3)18-7-5-13(19)17-16(18)20/h5,7,10-12,14-15H,6,8-9H2,1-4H3,(H,21,22)(H,23,30)(H,17,19,20)/t11-,12?,14+,15-,29?/m0/s1. The van der Waals surface area contributed by atoms with Crippen molar-refractivity contribution < 1.29 is 32.7 Å². The molecule has 30 heavy (non-hydrogen) atoms. The van der Waals surface area contributed by atoms with Crippen LogP contribution in [-0.4, -0.2) is 58.0 Å². The predicted molar refractivity (Wildman–Crippen MR) is 113 cm³/mol. The summed E-state index contributed by atoms with van der Waals surface area (Å²) in [6.45, 7) is -0.253. The summed E-state index contributed by atoms with van der Waals surface area (Å²) < 4.78 is 34.6. The molecule has 11 nitrogen and oxygen atoms in total. The Morgan fingerprint density at radius 3 is 2.50 bits per heavy atom. The van der Waals surface area contributed by atoms with Gasteiger partial charge in [-0.1, -0.05) is 0 Å². The van der Waals surface area contributed by atoms with Crippen molar-refractivity contribution in [3.05, 3.63) is 33.1 Å². The normalized spacial score (nSPS) is 28.4. The average molecular weight is 486 g/mol. The zero-order valence-corrected chi connectivity index (χ0v) is 19.8. The molecule has 0 aliphatic heterocycles. The van der Waals surface area contributed by atoms with Crippen molar-refractivity contribution in [3.8, 4) is 0 Å². The molecule has 0 radical (unpaired) electrons. The van der Waals surface area contributed by atoms with Gasteiger partial charge in [0.1, 0.15) is 6.10 Å². The van der Waals surface area contributed by atoms with Gasteiger partial charge in [-0.15, -0.1) is 0 Å². The van der Waals surface area contributed by atoms with E-state index in [0.717, 1.165) is 7.11 Å². The molecule has 0 spiro atoms. The lowest BCUT2D eigenvalue weighted by Crippen LogP contribution is -2.38. The van der Waals surface area contributed by atoms with E-state index in [1.807, 2.05) is 0 Å². The number of hydrogen-bond acceptors (Lipinski definition) is 8. The summed E-state index contributed by atoms with van der Waals surface area (Å²) in [5.74, 6) is -0.403. The molecule has 1 fully saturated rings. The van der Waals surface area contributed by atoms with E-state index < -0.39 is 49.7 Å². The van der Waals surface area contributed by atoms with Crippen LogP contribution in [0.4, 0.5) is 0 Å². The minimum atomic E-state index is -3.79.